The van der Waals surface area contributed by atoms with Crippen LogP contribution in [-0.4, -0.2) is 77.3 Å². The van der Waals surface area contributed by atoms with Crippen molar-refractivity contribution in [3.05, 3.63) is 74.4 Å². The molecular formula is C18H18N12O4RuS. The van der Waals surface area contributed by atoms with Crippen LogP contribution in [-0.2, 0) is 29.9 Å². The van der Waals surface area contributed by atoms with Gasteiger partial charge in [-0.05, 0) is 0 Å². The number of H-pyrrole nitrogens is 6. The molecule has 6 aromatic heterocycles. The van der Waals surface area contributed by atoms with Crippen LogP contribution in [0.1, 0.15) is 0 Å². The molecule has 0 unspecified atom stereocenters. The minimum atomic E-state index is -5.17. The van der Waals surface area contributed by atoms with Crippen LogP contribution in [0.4, 0.5) is 0 Å². The maximum Gasteiger partial charge on any atom is 2.00 e. The van der Waals surface area contributed by atoms with Gasteiger partial charge in [-0.1, -0.05) is 0 Å². The average Bonchev–Trinajstić information content (AvgIpc) is 3.70. The fourth-order valence-electron chi connectivity index (χ4n) is 2.37. The van der Waals surface area contributed by atoms with E-state index in [0.29, 0.717) is 0 Å². The number of aromatic amines is 6. The molecule has 0 saturated heterocycles. The Kier molecular flexibility index (Phi) is 11.1. The Labute approximate surface area is 216 Å². The number of imidazole rings is 6. The summed E-state index contributed by atoms with van der Waals surface area (Å²) in [4.78, 5) is 41.7. The van der Waals surface area contributed by atoms with Crippen LogP contribution < -0.4 is 0 Å². The van der Waals surface area contributed by atoms with Gasteiger partial charge in [0, 0.05) is 84.8 Å². The van der Waals surface area contributed by atoms with Gasteiger partial charge in [-0.3, -0.25) is 8.42 Å². The third kappa shape index (κ3) is 9.94. The van der Waals surface area contributed by atoms with E-state index < -0.39 is 10.4 Å². The summed E-state index contributed by atoms with van der Waals surface area (Å²) in [5.41, 5.74) is 0. The molecule has 0 bridgehead atoms. The minimum absolute atomic E-state index is 0. The van der Waals surface area contributed by atoms with Crippen molar-refractivity contribution in [3.63, 3.8) is 0 Å². The molecule has 0 aliphatic heterocycles. The van der Waals surface area contributed by atoms with Gasteiger partial charge >= 0.3 is 19.5 Å². The van der Waals surface area contributed by atoms with Crippen LogP contribution in [0.15, 0.2) is 74.4 Å². The van der Waals surface area contributed by atoms with E-state index in [0.717, 1.165) is 34.9 Å². The van der Waals surface area contributed by atoms with Crippen LogP contribution in [0.3, 0.4) is 0 Å². The van der Waals surface area contributed by atoms with Gasteiger partial charge in [-0.2, -0.15) is 0 Å². The minimum Gasteiger partial charge on any atom is -0.759 e. The summed E-state index contributed by atoms with van der Waals surface area (Å²) in [6.45, 7) is 0. The number of nitrogens with one attached hydrogen (secondary N) is 6. The van der Waals surface area contributed by atoms with E-state index in [2.05, 4.69) is 59.8 Å². The molecule has 0 saturated carbocycles. The Morgan fingerprint density at radius 3 is 0.667 bits per heavy atom. The molecule has 18 heteroatoms. The average molecular weight is 600 g/mol. The SMILES string of the molecule is O=S(=O)([O-])[O-].[Ru+2].c1c[nH]c(-c2ncc[nH]2)n1.c1c[nH]c(-c2ncc[nH]2)n1.c1c[nH]c(-c2ncc[nH]2)n1. The molecule has 0 aromatic carbocycles. The third-order valence-electron chi connectivity index (χ3n) is 3.66. The Balaban J connectivity index is 0.000000172. The van der Waals surface area contributed by atoms with Gasteiger partial charge in [0.1, 0.15) is 0 Å². The Bertz CT molecular complexity index is 1140. The van der Waals surface area contributed by atoms with E-state index >= 15 is 0 Å². The van der Waals surface area contributed by atoms with Crippen molar-refractivity contribution in [2.75, 3.05) is 0 Å². The summed E-state index contributed by atoms with van der Waals surface area (Å²) in [5, 5.41) is 0. The molecular weight excluding hydrogens is 581 g/mol. The van der Waals surface area contributed by atoms with Gasteiger partial charge in [0.15, 0.2) is 34.9 Å². The molecule has 0 atom stereocenters. The molecule has 6 heterocycles. The first-order chi connectivity index (χ1) is 16.9. The van der Waals surface area contributed by atoms with Gasteiger partial charge in [-0.15, -0.1) is 0 Å². The van der Waals surface area contributed by atoms with E-state index in [4.69, 9.17) is 17.5 Å². The second kappa shape index (κ2) is 14.2. The van der Waals surface area contributed by atoms with Crippen molar-refractivity contribution < 1.29 is 37.0 Å². The summed E-state index contributed by atoms with van der Waals surface area (Å²) in [6.07, 6.45) is 20.7. The molecule has 0 amide bonds. The molecule has 0 aliphatic rings. The fraction of sp³-hybridized carbons (Fsp3) is 0. The first-order valence-electron chi connectivity index (χ1n) is 9.54. The van der Waals surface area contributed by atoms with Crippen LogP contribution in [0.5, 0.6) is 0 Å². The van der Waals surface area contributed by atoms with Crippen molar-refractivity contribution in [2.24, 2.45) is 0 Å². The summed E-state index contributed by atoms with van der Waals surface area (Å²) >= 11 is 0. The molecule has 6 rings (SSSR count). The van der Waals surface area contributed by atoms with Crippen LogP contribution in [0.2, 0.25) is 0 Å². The zero-order chi connectivity index (χ0) is 24.9. The fourth-order valence-corrected chi connectivity index (χ4v) is 2.37. The van der Waals surface area contributed by atoms with E-state index in [1.807, 2.05) is 0 Å². The normalized spacial score (nSPS) is 9.94. The zero-order valence-electron chi connectivity index (χ0n) is 18.0. The Morgan fingerprint density at radius 2 is 0.583 bits per heavy atom. The van der Waals surface area contributed by atoms with Crippen molar-refractivity contribution in [2.45, 2.75) is 0 Å². The van der Waals surface area contributed by atoms with E-state index in [9.17, 15) is 0 Å². The van der Waals surface area contributed by atoms with E-state index in [-0.39, 0.29) is 19.5 Å². The van der Waals surface area contributed by atoms with Crippen molar-refractivity contribution >= 4 is 10.4 Å². The monoisotopic (exact) mass is 600 g/mol. The predicted molar refractivity (Wildman–Crippen MR) is 119 cm³/mol. The first kappa shape index (κ1) is 28.0. The maximum atomic E-state index is 8.52. The molecule has 36 heavy (non-hydrogen) atoms. The zero-order valence-corrected chi connectivity index (χ0v) is 20.6. The number of aromatic nitrogens is 12. The molecule has 6 N–H and O–H groups in total. The Hall–Kier alpha value is -4.25. The largest absolute Gasteiger partial charge is 2.00 e. The molecule has 188 valence electrons. The third-order valence-corrected chi connectivity index (χ3v) is 3.66. The molecule has 0 radical (unpaired) electrons. The maximum absolute atomic E-state index is 8.52. The smallest absolute Gasteiger partial charge is 0.759 e. The van der Waals surface area contributed by atoms with Crippen LogP contribution in [0.25, 0.3) is 34.9 Å². The van der Waals surface area contributed by atoms with Gasteiger partial charge in [0.2, 0.25) is 0 Å². The standard InChI is InChI=1S/3C6H6N4.H2O4S.Ru/c3*1-2-8-5(7-1)6-9-3-4-10-6;1-5(2,3)4;/h3*1-4H,(H,7,8)(H,9,10);(H2,1,2,3,4);/q;;;;+2/p-2. The van der Waals surface area contributed by atoms with E-state index in [1.165, 1.54) is 0 Å². The van der Waals surface area contributed by atoms with Gasteiger partial charge in [-0.25, -0.2) is 29.9 Å². The number of hydrogen-bond donors (Lipinski definition) is 6. The molecule has 0 fully saturated rings. The molecule has 6 aromatic rings. The summed E-state index contributed by atoms with van der Waals surface area (Å²) in [6, 6.07) is 0. The van der Waals surface area contributed by atoms with Crippen LogP contribution in [0, 0.1) is 0 Å². The Morgan fingerprint density at radius 1 is 0.444 bits per heavy atom. The molecule has 0 spiro atoms. The predicted octanol–water partition coefficient (Wildman–Crippen LogP) is 1.06. The summed E-state index contributed by atoms with van der Waals surface area (Å²) < 4.78 is 34.1. The second-order valence-electron chi connectivity index (χ2n) is 6.03. The summed E-state index contributed by atoms with van der Waals surface area (Å²) in [7, 11) is -5.17. The van der Waals surface area contributed by atoms with Gasteiger partial charge < -0.3 is 39.0 Å². The van der Waals surface area contributed by atoms with Crippen molar-refractivity contribution in [3.8, 4) is 34.9 Å². The topological polar surface area (TPSA) is 252 Å². The number of rotatable bonds is 3. The quantitative estimate of drug-likeness (QED) is 0.0958. The van der Waals surface area contributed by atoms with E-state index in [1.54, 1.807) is 74.4 Å². The van der Waals surface area contributed by atoms with Crippen LogP contribution >= 0.6 is 0 Å². The van der Waals surface area contributed by atoms with Gasteiger partial charge in [0.25, 0.3) is 0 Å². The molecule has 16 nitrogen and oxygen atoms in total. The molecule has 0 aliphatic carbocycles. The summed E-state index contributed by atoms with van der Waals surface area (Å²) in [5.74, 6) is 4.61. The number of nitrogens with zero attached hydrogens (tertiary/aromatic N) is 6. The van der Waals surface area contributed by atoms with Crippen molar-refractivity contribution in [1.82, 2.24) is 59.8 Å². The van der Waals surface area contributed by atoms with Crippen molar-refractivity contribution in [1.29, 1.82) is 0 Å². The number of hydrogen-bond acceptors (Lipinski definition) is 10. The second-order valence-corrected chi connectivity index (χ2v) is 6.85. The van der Waals surface area contributed by atoms with Gasteiger partial charge in [0.05, 0.1) is 0 Å². The first-order valence-corrected chi connectivity index (χ1v) is 10.9.